The SMILES string of the molecule is COCC1CN(c2ncc(C)cc2C)CCN1C(=O)c1ccc(C2(C(C)C)NC(=O)NC2=O)cc1. The standard InChI is InChI=1S/C26H33N5O4/c1-16(2)26(24(33)28-25(34)29-26)20-8-6-19(7-9-20)23(32)31-11-10-30(14-21(31)15-35-5)22-18(4)12-17(3)13-27-22/h6-9,12-13,16,21H,10-11,14-15H2,1-5H3,(H2,28,29,33,34). The number of hydrogen-bond donors (Lipinski definition) is 2. The Balaban J connectivity index is 1.54. The second kappa shape index (κ2) is 9.65. The minimum atomic E-state index is -1.15. The molecule has 0 radical (unpaired) electrons. The van der Waals surface area contributed by atoms with Gasteiger partial charge in [0.15, 0.2) is 0 Å². The highest BCUT2D eigenvalue weighted by Gasteiger charge is 2.50. The Labute approximate surface area is 205 Å². The molecule has 4 amide bonds. The van der Waals surface area contributed by atoms with Crippen LogP contribution in [0.3, 0.4) is 0 Å². The van der Waals surface area contributed by atoms with Gasteiger partial charge in [-0.2, -0.15) is 0 Å². The predicted octanol–water partition coefficient (Wildman–Crippen LogP) is 2.37. The number of rotatable bonds is 6. The Hall–Kier alpha value is -3.46. The van der Waals surface area contributed by atoms with Gasteiger partial charge in [0.25, 0.3) is 11.8 Å². The lowest BCUT2D eigenvalue weighted by atomic mass is 9.79. The molecule has 4 rings (SSSR count). The van der Waals surface area contributed by atoms with E-state index in [1.807, 2.05) is 31.9 Å². The Kier molecular flexibility index (Phi) is 6.80. The lowest BCUT2D eigenvalue weighted by Gasteiger charge is -2.42. The van der Waals surface area contributed by atoms with Gasteiger partial charge < -0.3 is 19.9 Å². The van der Waals surface area contributed by atoms with Crippen LogP contribution in [0.4, 0.5) is 10.6 Å². The van der Waals surface area contributed by atoms with Gasteiger partial charge >= 0.3 is 6.03 Å². The van der Waals surface area contributed by atoms with Crippen molar-refractivity contribution in [2.75, 3.05) is 38.3 Å². The van der Waals surface area contributed by atoms with Gasteiger partial charge in [-0.15, -0.1) is 0 Å². The number of carbonyl (C=O) groups excluding carboxylic acids is 3. The van der Waals surface area contributed by atoms with Crippen LogP contribution < -0.4 is 15.5 Å². The monoisotopic (exact) mass is 479 g/mol. The van der Waals surface area contributed by atoms with Crippen molar-refractivity contribution in [3.8, 4) is 0 Å². The molecule has 1 aromatic carbocycles. The average Bonchev–Trinajstić information content (AvgIpc) is 3.13. The topological polar surface area (TPSA) is 104 Å². The fraction of sp³-hybridized carbons (Fsp3) is 0.462. The molecule has 0 aliphatic carbocycles. The van der Waals surface area contributed by atoms with Crippen LogP contribution in [0.15, 0.2) is 36.5 Å². The summed E-state index contributed by atoms with van der Waals surface area (Å²) in [4.78, 5) is 46.7. The molecule has 2 fully saturated rings. The van der Waals surface area contributed by atoms with Gasteiger partial charge in [-0.1, -0.05) is 32.0 Å². The third-order valence-electron chi connectivity index (χ3n) is 6.94. The number of nitrogens with one attached hydrogen (secondary N) is 2. The summed E-state index contributed by atoms with van der Waals surface area (Å²) in [7, 11) is 1.64. The van der Waals surface area contributed by atoms with Crippen molar-refractivity contribution < 1.29 is 19.1 Å². The first-order valence-corrected chi connectivity index (χ1v) is 11.9. The number of hydrogen-bond acceptors (Lipinski definition) is 6. The summed E-state index contributed by atoms with van der Waals surface area (Å²) in [6.45, 7) is 10.1. The molecule has 9 nitrogen and oxygen atoms in total. The van der Waals surface area contributed by atoms with Crippen molar-refractivity contribution in [3.05, 3.63) is 58.8 Å². The molecular formula is C26H33N5O4. The van der Waals surface area contributed by atoms with Crippen LogP contribution in [-0.2, 0) is 15.1 Å². The van der Waals surface area contributed by atoms with E-state index in [4.69, 9.17) is 4.74 Å². The Morgan fingerprint density at radius 1 is 1.20 bits per heavy atom. The zero-order valence-electron chi connectivity index (χ0n) is 20.9. The van der Waals surface area contributed by atoms with E-state index in [1.165, 1.54) is 0 Å². The largest absolute Gasteiger partial charge is 0.382 e. The Morgan fingerprint density at radius 2 is 1.91 bits per heavy atom. The van der Waals surface area contributed by atoms with Gasteiger partial charge in [0.1, 0.15) is 11.4 Å². The zero-order chi connectivity index (χ0) is 25.3. The van der Waals surface area contributed by atoms with Crippen LogP contribution in [-0.4, -0.2) is 67.1 Å². The van der Waals surface area contributed by atoms with E-state index < -0.39 is 11.6 Å². The Morgan fingerprint density at radius 3 is 2.49 bits per heavy atom. The van der Waals surface area contributed by atoms with Crippen LogP contribution in [0.25, 0.3) is 0 Å². The number of benzene rings is 1. The molecule has 2 saturated heterocycles. The minimum absolute atomic E-state index is 0.0923. The molecule has 3 heterocycles. The number of anilines is 1. The molecule has 0 spiro atoms. The third kappa shape index (κ3) is 4.48. The van der Waals surface area contributed by atoms with E-state index >= 15 is 0 Å². The number of pyridine rings is 1. The quantitative estimate of drug-likeness (QED) is 0.617. The fourth-order valence-electron chi connectivity index (χ4n) is 5.14. The van der Waals surface area contributed by atoms with E-state index in [0.29, 0.717) is 37.4 Å². The molecule has 2 atom stereocenters. The highest BCUT2D eigenvalue weighted by atomic mass is 16.5. The van der Waals surface area contributed by atoms with Gasteiger partial charge in [-0.05, 0) is 48.6 Å². The zero-order valence-corrected chi connectivity index (χ0v) is 20.9. The average molecular weight is 480 g/mol. The van der Waals surface area contributed by atoms with Gasteiger partial charge in [0, 0.05) is 38.5 Å². The number of nitrogens with zero attached hydrogens (tertiary/aromatic N) is 3. The van der Waals surface area contributed by atoms with E-state index in [2.05, 4.69) is 33.5 Å². The smallest absolute Gasteiger partial charge is 0.322 e. The van der Waals surface area contributed by atoms with Crippen molar-refractivity contribution in [1.29, 1.82) is 0 Å². The number of carbonyl (C=O) groups is 3. The second-order valence-corrected chi connectivity index (χ2v) is 9.66. The molecule has 2 unspecified atom stereocenters. The maximum Gasteiger partial charge on any atom is 0.322 e. The van der Waals surface area contributed by atoms with Crippen LogP contribution in [0.2, 0.25) is 0 Å². The van der Waals surface area contributed by atoms with E-state index in [9.17, 15) is 14.4 Å². The molecule has 1 aromatic heterocycles. The molecule has 0 bridgehead atoms. The van der Waals surface area contributed by atoms with Crippen LogP contribution in [0, 0.1) is 19.8 Å². The molecule has 2 aromatic rings. The molecule has 2 aliphatic rings. The number of imide groups is 1. The maximum atomic E-state index is 13.5. The van der Waals surface area contributed by atoms with Crippen LogP contribution in [0.1, 0.15) is 40.9 Å². The third-order valence-corrected chi connectivity index (χ3v) is 6.94. The fourth-order valence-corrected chi connectivity index (χ4v) is 5.14. The first-order valence-electron chi connectivity index (χ1n) is 11.9. The summed E-state index contributed by atoms with van der Waals surface area (Å²) in [5.74, 6) is 0.288. The molecule has 0 saturated carbocycles. The molecular weight excluding hydrogens is 446 g/mol. The molecule has 186 valence electrons. The van der Waals surface area contributed by atoms with Crippen molar-refractivity contribution in [2.24, 2.45) is 5.92 Å². The summed E-state index contributed by atoms with van der Waals surface area (Å²) < 4.78 is 5.45. The number of methoxy groups -OCH3 is 1. The number of amides is 4. The summed E-state index contributed by atoms with van der Waals surface area (Å²) in [5.41, 5.74) is 2.24. The van der Waals surface area contributed by atoms with Gasteiger partial charge in [-0.3, -0.25) is 14.9 Å². The molecule has 9 heteroatoms. The summed E-state index contributed by atoms with van der Waals surface area (Å²) in [5, 5.41) is 5.11. The summed E-state index contributed by atoms with van der Waals surface area (Å²) in [6.07, 6.45) is 1.86. The van der Waals surface area contributed by atoms with Crippen molar-refractivity contribution in [1.82, 2.24) is 20.5 Å². The minimum Gasteiger partial charge on any atom is -0.382 e. The van der Waals surface area contributed by atoms with Crippen molar-refractivity contribution >= 4 is 23.7 Å². The molecule has 2 N–H and O–H groups in total. The second-order valence-electron chi connectivity index (χ2n) is 9.66. The van der Waals surface area contributed by atoms with Gasteiger partial charge in [0.05, 0.1) is 12.6 Å². The van der Waals surface area contributed by atoms with Gasteiger partial charge in [-0.25, -0.2) is 9.78 Å². The first kappa shape index (κ1) is 24.7. The number of ether oxygens (including phenoxy) is 1. The van der Waals surface area contributed by atoms with Crippen LogP contribution >= 0.6 is 0 Å². The lowest BCUT2D eigenvalue weighted by molar-refractivity contribution is -0.125. The van der Waals surface area contributed by atoms with Crippen molar-refractivity contribution in [3.63, 3.8) is 0 Å². The number of aromatic nitrogens is 1. The number of aryl methyl sites for hydroxylation is 2. The highest BCUT2D eigenvalue weighted by Crippen LogP contribution is 2.33. The first-order chi connectivity index (χ1) is 16.7. The highest BCUT2D eigenvalue weighted by molar-refractivity contribution is 6.07. The Bertz CT molecular complexity index is 1130. The van der Waals surface area contributed by atoms with Crippen molar-refractivity contribution in [2.45, 2.75) is 39.3 Å². The lowest BCUT2D eigenvalue weighted by Crippen LogP contribution is -2.57. The summed E-state index contributed by atoms with van der Waals surface area (Å²) in [6, 6.07) is 8.42. The van der Waals surface area contributed by atoms with E-state index in [0.717, 1.165) is 16.9 Å². The number of urea groups is 1. The van der Waals surface area contributed by atoms with E-state index in [1.54, 1.807) is 31.4 Å². The molecule has 35 heavy (non-hydrogen) atoms. The van der Waals surface area contributed by atoms with E-state index in [-0.39, 0.29) is 23.8 Å². The maximum absolute atomic E-state index is 13.5. The normalized spacial score (nSPS) is 22.4. The van der Waals surface area contributed by atoms with Gasteiger partial charge in [0.2, 0.25) is 0 Å². The predicted molar refractivity (Wildman–Crippen MR) is 132 cm³/mol. The van der Waals surface area contributed by atoms with Crippen LogP contribution in [0.5, 0.6) is 0 Å². The molecule has 2 aliphatic heterocycles. The summed E-state index contributed by atoms with van der Waals surface area (Å²) >= 11 is 0. The number of piperazine rings is 1.